The van der Waals surface area contributed by atoms with Crippen LogP contribution in [0.3, 0.4) is 0 Å². The van der Waals surface area contributed by atoms with Crippen molar-refractivity contribution in [2.75, 3.05) is 5.32 Å². The zero-order valence-corrected chi connectivity index (χ0v) is 10.8. The van der Waals surface area contributed by atoms with Crippen LogP contribution in [0.5, 0.6) is 0 Å². The third-order valence-corrected chi connectivity index (χ3v) is 3.53. The molecule has 0 aliphatic heterocycles. The standard InChI is InChI=1S/C15H18N4/c16-12-6-7-13(8-12)19-14-9-17-15(18-10-14)11-4-2-1-3-5-11/h1-5,9-10,12-13,19H,6-8,16H2. The molecule has 0 bridgehead atoms. The molecule has 2 unspecified atom stereocenters. The third kappa shape index (κ3) is 2.90. The van der Waals surface area contributed by atoms with Crippen molar-refractivity contribution in [3.05, 3.63) is 42.7 Å². The SMILES string of the molecule is NC1CCC(Nc2cnc(-c3ccccc3)nc2)C1. The summed E-state index contributed by atoms with van der Waals surface area (Å²) < 4.78 is 0. The van der Waals surface area contributed by atoms with Gasteiger partial charge in [-0.15, -0.1) is 0 Å². The van der Waals surface area contributed by atoms with E-state index in [1.165, 1.54) is 0 Å². The number of rotatable bonds is 3. The largest absolute Gasteiger partial charge is 0.380 e. The second kappa shape index (κ2) is 5.36. The van der Waals surface area contributed by atoms with Crippen LogP contribution in [0.1, 0.15) is 19.3 Å². The maximum Gasteiger partial charge on any atom is 0.159 e. The highest BCUT2D eigenvalue weighted by atomic mass is 15.0. The van der Waals surface area contributed by atoms with Crippen molar-refractivity contribution in [2.24, 2.45) is 5.73 Å². The van der Waals surface area contributed by atoms with Crippen LogP contribution < -0.4 is 11.1 Å². The molecular weight excluding hydrogens is 236 g/mol. The molecule has 2 atom stereocenters. The first-order valence-electron chi connectivity index (χ1n) is 6.71. The minimum absolute atomic E-state index is 0.335. The van der Waals surface area contributed by atoms with Crippen molar-refractivity contribution in [2.45, 2.75) is 31.3 Å². The Hall–Kier alpha value is -1.94. The molecule has 1 fully saturated rings. The molecule has 1 aliphatic carbocycles. The highest BCUT2D eigenvalue weighted by Crippen LogP contribution is 2.22. The summed E-state index contributed by atoms with van der Waals surface area (Å²) in [5, 5.41) is 3.44. The number of hydrogen-bond donors (Lipinski definition) is 2. The quantitative estimate of drug-likeness (QED) is 0.883. The van der Waals surface area contributed by atoms with Crippen molar-refractivity contribution in [3.8, 4) is 11.4 Å². The van der Waals surface area contributed by atoms with Crippen LogP contribution in [-0.2, 0) is 0 Å². The molecule has 1 saturated carbocycles. The lowest BCUT2D eigenvalue weighted by Gasteiger charge is -2.13. The Morgan fingerprint density at radius 2 is 1.79 bits per heavy atom. The first-order valence-corrected chi connectivity index (χ1v) is 6.71. The van der Waals surface area contributed by atoms with E-state index in [0.29, 0.717) is 12.1 Å². The second-order valence-corrected chi connectivity index (χ2v) is 5.08. The van der Waals surface area contributed by atoms with Crippen LogP contribution in [-0.4, -0.2) is 22.1 Å². The van der Waals surface area contributed by atoms with Gasteiger partial charge in [-0.25, -0.2) is 9.97 Å². The van der Waals surface area contributed by atoms with Gasteiger partial charge in [-0.1, -0.05) is 30.3 Å². The van der Waals surface area contributed by atoms with Gasteiger partial charge in [0.2, 0.25) is 0 Å². The van der Waals surface area contributed by atoms with Crippen molar-refractivity contribution >= 4 is 5.69 Å². The van der Waals surface area contributed by atoms with Gasteiger partial charge in [-0.2, -0.15) is 0 Å². The number of benzene rings is 1. The van der Waals surface area contributed by atoms with E-state index >= 15 is 0 Å². The molecule has 19 heavy (non-hydrogen) atoms. The monoisotopic (exact) mass is 254 g/mol. The van der Waals surface area contributed by atoms with Crippen LogP contribution in [0, 0.1) is 0 Å². The van der Waals surface area contributed by atoms with Crippen molar-refractivity contribution in [1.29, 1.82) is 0 Å². The molecule has 1 aliphatic rings. The number of aromatic nitrogens is 2. The summed E-state index contributed by atoms with van der Waals surface area (Å²) in [7, 11) is 0. The van der Waals surface area contributed by atoms with Crippen LogP contribution in [0.4, 0.5) is 5.69 Å². The number of hydrogen-bond acceptors (Lipinski definition) is 4. The first kappa shape index (κ1) is 12.1. The maximum absolute atomic E-state index is 5.91. The summed E-state index contributed by atoms with van der Waals surface area (Å²) in [6, 6.07) is 10.8. The fraction of sp³-hybridized carbons (Fsp3) is 0.333. The summed E-state index contributed by atoms with van der Waals surface area (Å²) in [6.07, 6.45) is 6.95. The van der Waals surface area contributed by atoms with Crippen LogP contribution in [0.15, 0.2) is 42.7 Å². The van der Waals surface area contributed by atoms with Gasteiger partial charge in [0.1, 0.15) is 0 Å². The lowest BCUT2D eigenvalue weighted by molar-refractivity contribution is 0.687. The van der Waals surface area contributed by atoms with E-state index < -0.39 is 0 Å². The third-order valence-electron chi connectivity index (χ3n) is 3.53. The molecule has 0 saturated heterocycles. The van der Waals surface area contributed by atoms with Crippen LogP contribution in [0.25, 0.3) is 11.4 Å². The second-order valence-electron chi connectivity index (χ2n) is 5.08. The molecule has 1 heterocycles. The zero-order valence-electron chi connectivity index (χ0n) is 10.8. The molecule has 3 rings (SSSR count). The Bertz CT molecular complexity index is 524. The number of nitrogens with two attached hydrogens (primary N) is 1. The van der Waals surface area contributed by atoms with Gasteiger partial charge in [0.15, 0.2) is 5.82 Å². The van der Waals surface area contributed by atoms with Gasteiger partial charge in [0.05, 0.1) is 18.1 Å². The molecule has 4 nitrogen and oxygen atoms in total. The Morgan fingerprint density at radius 1 is 1.05 bits per heavy atom. The smallest absolute Gasteiger partial charge is 0.159 e. The lowest BCUT2D eigenvalue weighted by atomic mass is 10.2. The predicted octanol–water partition coefficient (Wildman–Crippen LogP) is 2.44. The fourth-order valence-corrected chi connectivity index (χ4v) is 2.52. The van der Waals surface area contributed by atoms with E-state index in [2.05, 4.69) is 15.3 Å². The number of nitrogens with zero attached hydrogens (tertiary/aromatic N) is 2. The average molecular weight is 254 g/mol. The molecule has 0 spiro atoms. The minimum Gasteiger partial charge on any atom is -0.380 e. The highest BCUT2D eigenvalue weighted by molar-refractivity contribution is 5.55. The Kier molecular flexibility index (Phi) is 3.42. The molecule has 0 amide bonds. The summed E-state index contributed by atoms with van der Waals surface area (Å²) in [5.41, 5.74) is 7.92. The van der Waals surface area contributed by atoms with E-state index in [-0.39, 0.29) is 0 Å². The Labute approximate surface area is 113 Å². The van der Waals surface area contributed by atoms with E-state index in [4.69, 9.17) is 5.73 Å². The molecule has 4 heteroatoms. The zero-order chi connectivity index (χ0) is 13.1. The average Bonchev–Trinajstić information content (AvgIpc) is 2.86. The summed E-state index contributed by atoms with van der Waals surface area (Å²) in [4.78, 5) is 8.81. The van der Waals surface area contributed by atoms with E-state index in [0.717, 1.165) is 36.3 Å². The van der Waals surface area contributed by atoms with Crippen molar-refractivity contribution in [3.63, 3.8) is 0 Å². The molecule has 1 aromatic heterocycles. The van der Waals surface area contributed by atoms with E-state index in [9.17, 15) is 0 Å². The molecule has 2 aromatic rings. The van der Waals surface area contributed by atoms with Crippen LogP contribution >= 0.6 is 0 Å². The maximum atomic E-state index is 5.91. The lowest BCUT2D eigenvalue weighted by Crippen LogP contribution is -2.20. The van der Waals surface area contributed by atoms with Gasteiger partial charge in [0, 0.05) is 17.6 Å². The summed E-state index contributed by atoms with van der Waals surface area (Å²) in [5.74, 6) is 0.759. The normalized spacial score (nSPS) is 22.4. The van der Waals surface area contributed by atoms with E-state index in [1.54, 1.807) is 0 Å². The minimum atomic E-state index is 0.335. The van der Waals surface area contributed by atoms with Gasteiger partial charge in [-0.3, -0.25) is 0 Å². The molecule has 98 valence electrons. The Balaban J connectivity index is 1.69. The summed E-state index contributed by atoms with van der Waals surface area (Å²) in [6.45, 7) is 0. The molecular formula is C15H18N4. The van der Waals surface area contributed by atoms with E-state index in [1.807, 2.05) is 42.7 Å². The summed E-state index contributed by atoms with van der Waals surface area (Å²) >= 11 is 0. The van der Waals surface area contributed by atoms with Crippen LogP contribution in [0.2, 0.25) is 0 Å². The van der Waals surface area contributed by atoms with Crippen molar-refractivity contribution < 1.29 is 0 Å². The molecule has 0 radical (unpaired) electrons. The van der Waals surface area contributed by atoms with Gasteiger partial charge in [0.25, 0.3) is 0 Å². The predicted molar refractivity (Wildman–Crippen MR) is 76.7 cm³/mol. The van der Waals surface area contributed by atoms with Gasteiger partial charge in [-0.05, 0) is 19.3 Å². The first-order chi connectivity index (χ1) is 9.31. The fourth-order valence-electron chi connectivity index (χ4n) is 2.52. The topological polar surface area (TPSA) is 63.8 Å². The molecule has 3 N–H and O–H groups in total. The Morgan fingerprint density at radius 3 is 2.42 bits per heavy atom. The van der Waals surface area contributed by atoms with Crippen molar-refractivity contribution in [1.82, 2.24) is 9.97 Å². The highest BCUT2D eigenvalue weighted by Gasteiger charge is 2.21. The number of anilines is 1. The molecule has 1 aromatic carbocycles. The van der Waals surface area contributed by atoms with Gasteiger partial charge < -0.3 is 11.1 Å². The number of nitrogens with one attached hydrogen (secondary N) is 1. The van der Waals surface area contributed by atoms with Gasteiger partial charge >= 0.3 is 0 Å².